The molecule has 2 rings (SSSR count). The van der Waals surface area contributed by atoms with Crippen LogP contribution in [0.4, 0.5) is 0 Å². The molecule has 0 aliphatic carbocycles. The highest BCUT2D eigenvalue weighted by molar-refractivity contribution is 5.79. The summed E-state index contributed by atoms with van der Waals surface area (Å²) in [6, 6.07) is 16.8. The highest BCUT2D eigenvalue weighted by Gasteiger charge is 2.28. The lowest BCUT2D eigenvalue weighted by Gasteiger charge is -2.33. The first kappa shape index (κ1) is 19.0. The summed E-state index contributed by atoms with van der Waals surface area (Å²) in [5.74, 6) is 0.845. The number of aromatic nitrogens is 1. The number of aliphatic imine (C=N–C) groups is 1. The minimum Gasteiger partial charge on any atom is -0.356 e. The Bertz CT molecular complexity index is 633. The third-order valence-corrected chi connectivity index (χ3v) is 4.96. The van der Waals surface area contributed by atoms with Crippen LogP contribution >= 0.6 is 0 Å². The summed E-state index contributed by atoms with van der Waals surface area (Å²) in [5, 5.41) is 6.90. The van der Waals surface area contributed by atoms with Crippen LogP contribution in [0, 0.1) is 0 Å². The van der Waals surface area contributed by atoms with Crippen LogP contribution in [0.15, 0.2) is 59.7 Å². The van der Waals surface area contributed by atoms with E-state index in [0.717, 1.165) is 44.0 Å². The second-order valence-corrected chi connectivity index (χ2v) is 6.28. The van der Waals surface area contributed by atoms with E-state index in [9.17, 15) is 0 Å². The van der Waals surface area contributed by atoms with Crippen LogP contribution in [-0.4, -0.2) is 31.1 Å². The second kappa shape index (κ2) is 9.82. The molecule has 1 aromatic heterocycles. The first-order valence-electron chi connectivity index (χ1n) is 9.14. The zero-order valence-electron chi connectivity index (χ0n) is 15.6. The maximum Gasteiger partial charge on any atom is 0.191 e. The highest BCUT2D eigenvalue weighted by Crippen LogP contribution is 2.30. The number of hydrogen-bond acceptors (Lipinski definition) is 2. The van der Waals surface area contributed by atoms with Gasteiger partial charge in [0.15, 0.2) is 5.96 Å². The van der Waals surface area contributed by atoms with Crippen molar-refractivity contribution in [2.45, 2.75) is 38.5 Å². The lowest BCUT2D eigenvalue weighted by Crippen LogP contribution is -2.45. The Kier molecular flexibility index (Phi) is 7.45. The van der Waals surface area contributed by atoms with Crippen molar-refractivity contribution in [3.63, 3.8) is 0 Å². The van der Waals surface area contributed by atoms with Crippen molar-refractivity contribution >= 4 is 5.96 Å². The molecule has 0 bridgehead atoms. The molecule has 2 N–H and O–H groups in total. The fourth-order valence-electron chi connectivity index (χ4n) is 3.13. The van der Waals surface area contributed by atoms with Gasteiger partial charge in [0.25, 0.3) is 0 Å². The summed E-state index contributed by atoms with van der Waals surface area (Å²) >= 11 is 0. The summed E-state index contributed by atoms with van der Waals surface area (Å²) in [6.45, 7) is 6.20. The number of nitrogens with zero attached hydrogens (tertiary/aromatic N) is 2. The van der Waals surface area contributed by atoms with E-state index in [1.165, 1.54) is 5.56 Å². The lowest BCUT2D eigenvalue weighted by atomic mass is 9.76. The molecule has 0 aliphatic rings. The fourth-order valence-corrected chi connectivity index (χ4v) is 3.13. The molecule has 134 valence electrons. The Morgan fingerprint density at radius 3 is 2.32 bits per heavy atom. The molecular weight excluding hydrogens is 308 g/mol. The maximum atomic E-state index is 4.36. The zero-order chi connectivity index (χ0) is 18.0. The SMILES string of the molecule is CCC(CC)(CNC(=NC)NCCc1ccccn1)c1ccccc1. The van der Waals surface area contributed by atoms with Crippen molar-refractivity contribution in [1.29, 1.82) is 0 Å². The number of pyridine rings is 1. The number of benzene rings is 1. The minimum atomic E-state index is 0.125. The van der Waals surface area contributed by atoms with E-state index < -0.39 is 0 Å². The molecule has 25 heavy (non-hydrogen) atoms. The maximum absolute atomic E-state index is 4.36. The Labute approximate surface area is 151 Å². The van der Waals surface area contributed by atoms with Gasteiger partial charge in [-0.3, -0.25) is 9.98 Å². The largest absolute Gasteiger partial charge is 0.356 e. The Morgan fingerprint density at radius 1 is 1.00 bits per heavy atom. The molecule has 0 unspecified atom stereocenters. The van der Waals surface area contributed by atoms with Gasteiger partial charge in [0, 0.05) is 43.9 Å². The molecule has 2 aromatic rings. The van der Waals surface area contributed by atoms with Crippen LogP contribution in [0.25, 0.3) is 0 Å². The lowest BCUT2D eigenvalue weighted by molar-refractivity contribution is 0.389. The van der Waals surface area contributed by atoms with Crippen LogP contribution in [-0.2, 0) is 11.8 Å². The van der Waals surface area contributed by atoms with E-state index in [1.807, 2.05) is 31.4 Å². The average molecular weight is 338 g/mol. The quantitative estimate of drug-likeness (QED) is 0.572. The van der Waals surface area contributed by atoms with E-state index >= 15 is 0 Å². The smallest absolute Gasteiger partial charge is 0.191 e. The van der Waals surface area contributed by atoms with Crippen LogP contribution in [0.5, 0.6) is 0 Å². The molecule has 0 atom stereocenters. The molecular formula is C21H30N4. The van der Waals surface area contributed by atoms with E-state index in [4.69, 9.17) is 0 Å². The van der Waals surface area contributed by atoms with Gasteiger partial charge in [-0.2, -0.15) is 0 Å². The molecule has 1 heterocycles. The zero-order valence-corrected chi connectivity index (χ0v) is 15.6. The van der Waals surface area contributed by atoms with Crippen molar-refractivity contribution < 1.29 is 0 Å². The predicted molar refractivity (Wildman–Crippen MR) is 106 cm³/mol. The molecule has 0 saturated carbocycles. The Balaban J connectivity index is 1.91. The number of guanidine groups is 1. The van der Waals surface area contributed by atoms with Gasteiger partial charge in [-0.05, 0) is 30.5 Å². The van der Waals surface area contributed by atoms with Gasteiger partial charge in [-0.25, -0.2) is 0 Å². The molecule has 0 spiro atoms. The average Bonchev–Trinajstić information content (AvgIpc) is 2.69. The van der Waals surface area contributed by atoms with Crippen molar-refractivity contribution in [3.8, 4) is 0 Å². The topological polar surface area (TPSA) is 49.3 Å². The summed E-state index contributed by atoms with van der Waals surface area (Å²) in [4.78, 5) is 8.71. The molecule has 4 heteroatoms. The first-order chi connectivity index (χ1) is 12.2. The van der Waals surface area contributed by atoms with Gasteiger partial charge in [0.2, 0.25) is 0 Å². The van der Waals surface area contributed by atoms with Crippen LogP contribution < -0.4 is 10.6 Å². The molecule has 0 aliphatic heterocycles. The Morgan fingerprint density at radius 2 is 1.72 bits per heavy atom. The summed E-state index contributed by atoms with van der Waals surface area (Å²) in [5.41, 5.74) is 2.60. The monoisotopic (exact) mass is 338 g/mol. The number of rotatable bonds is 8. The van der Waals surface area contributed by atoms with Crippen molar-refractivity contribution in [2.75, 3.05) is 20.1 Å². The molecule has 0 saturated heterocycles. The van der Waals surface area contributed by atoms with Crippen molar-refractivity contribution in [3.05, 3.63) is 66.0 Å². The first-order valence-corrected chi connectivity index (χ1v) is 9.14. The van der Waals surface area contributed by atoms with E-state index in [0.29, 0.717) is 0 Å². The normalized spacial score (nSPS) is 12.0. The standard InChI is InChI=1S/C21H30N4/c1-4-21(5-2,18-11-7-6-8-12-18)17-25-20(22-3)24-16-14-19-13-9-10-15-23-19/h6-13,15H,4-5,14,16-17H2,1-3H3,(H2,22,24,25). The van der Waals surface area contributed by atoms with Gasteiger partial charge in [-0.15, -0.1) is 0 Å². The van der Waals surface area contributed by atoms with Crippen molar-refractivity contribution in [2.24, 2.45) is 4.99 Å². The fraction of sp³-hybridized carbons (Fsp3) is 0.429. The van der Waals surface area contributed by atoms with Gasteiger partial charge < -0.3 is 10.6 Å². The van der Waals surface area contributed by atoms with E-state index in [1.54, 1.807) is 0 Å². The predicted octanol–water partition coefficient (Wildman–Crippen LogP) is 3.55. The van der Waals surface area contributed by atoms with Gasteiger partial charge >= 0.3 is 0 Å². The summed E-state index contributed by atoms with van der Waals surface area (Å²) in [7, 11) is 1.82. The molecule has 0 amide bonds. The summed E-state index contributed by atoms with van der Waals surface area (Å²) < 4.78 is 0. The van der Waals surface area contributed by atoms with Crippen molar-refractivity contribution in [1.82, 2.24) is 15.6 Å². The molecule has 0 fully saturated rings. The van der Waals surface area contributed by atoms with Gasteiger partial charge in [-0.1, -0.05) is 50.2 Å². The highest BCUT2D eigenvalue weighted by atomic mass is 15.2. The second-order valence-electron chi connectivity index (χ2n) is 6.28. The van der Waals surface area contributed by atoms with Gasteiger partial charge in [0.1, 0.15) is 0 Å². The third-order valence-electron chi connectivity index (χ3n) is 4.96. The Hall–Kier alpha value is -2.36. The van der Waals surface area contributed by atoms with Crippen LogP contribution in [0.3, 0.4) is 0 Å². The van der Waals surface area contributed by atoms with E-state index in [2.05, 4.69) is 64.8 Å². The molecule has 0 radical (unpaired) electrons. The number of hydrogen-bond donors (Lipinski definition) is 2. The number of nitrogens with one attached hydrogen (secondary N) is 2. The van der Waals surface area contributed by atoms with Crippen LogP contribution in [0.1, 0.15) is 37.9 Å². The third kappa shape index (κ3) is 5.31. The van der Waals surface area contributed by atoms with Gasteiger partial charge in [0.05, 0.1) is 0 Å². The van der Waals surface area contributed by atoms with Crippen LogP contribution in [0.2, 0.25) is 0 Å². The summed E-state index contributed by atoms with van der Waals surface area (Å²) in [6.07, 6.45) is 4.89. The van der Waals surface area contributed by atoms with E-state index in [-0.39, 0.29) is 5.41 Å². The molecule has 1 aromatic carbocycles. The molecule has 4 nitrogen and oxygen atoms in total. The minimum absolute atomic E-state index is 0.125.